The van der Waals surface area contributed by atoms with E-state index >= 15 is 0 Å². The van der Waals surface area contributed by atoms with Gasteiger partial charge < -0.3 is 10.6 Å². The van der Waals surface area contributed by atoms with Crippen molar-refractivity contribution in [2.75, 3.05) is 18.9 Å². The zero-order valence-corrected chi connectivity index (χ0v) is 11.1. The van der Waals surface area contributed by atoms with E-state index in [-0.39, 0.29) is 16.7 Å². The summed E-state index contributed by atoms with van der Waals surface area (Å²) in [5.41, 5.74) is -0.485. The number of carbonyl (C=O) groups excluding carboxylic acids is 1. The molecule has 0 aliphatic rings. The van der Waals surface area contributed by atoms with Gasteiger partial charge in [0.05, 0.1) is 16.5 Å². The van der Waals surface area contributed by atoms with E-state index in [1.165, 1.54) is 0 Å². The van der Waals surface area contributed by atoms with Crippen LogP contribution in [0.25, 0.3) is 10.8 Å². The fourth-order valence-corrected chi connectivity index (χ4v) is 1.97. The number of carbonyl (C=O) groups is 1. The average molecular weight is 276 g/mol. The molecule has 0 radical (unpaired) electrons. The number of anilines is 1. The molecule has 0 unspecified atom stereocenters. The first kappa shape index (κ1) is 14.0. The van der Waals surface area contributed by atoms with Crippen molar-refractivity contribution in [3.05, 3.63) is 38.9 Å². The highest BCUT2D eigenvalue weighted by Crippen LogP contribution is 2.16. The van der Waals surface area contributed by atoms with Crippen LogP contribution in [0.2, 0.25) is 0 Å². The predicted octanol–water partition coefficient (Wildman–Crippen LogP) is 0.154. The van der Waals surface area contributed by atoms with Crippen LogP contribution in [0.4, 0.5) is 5.69 Å². The Morgan fingerprint density at radius 3 is 2.70 bits per heavy atom. The van der Waals surface area contributed by atoms with Crippen LogP contribution in [-0.2, 0) is 4.79 Å². The normalized spacial score (nSPS) is 10.7. The van der Waals surface area contributed by atoms with Crippen molar-refractivity contribution >= 4 is 22.4 Å². The maximum Gasteiger partial charge on any atom is 0.272 e. The molecular weight excluding hydrogens is 260 g/mol. The molecule has 0 bridgehead atoms. The molecule has 0 atom stereocenters. The standard InChI is InChI=1S/C13H16N4O3/c1-14-7-3-6-10(18)15-9-5-2-4-8-11(9)13(20)17-16-12(8)19/h2,4-5,14H,3,6-7H2,1H3,(H,15,18)(H,16,19)(H,17,20). The number of nitrogens with one attached hydrogen (secondary N) is 4. The van der Waals surface area contributed by atoms with Crippen molar-refractivity contribution in [2.45, 2.75) is 12.8 Å². The third kappa shape index (κ3) is 2.94. The molecule has 1 aromatic heterocycles. The van der Waals surface area contributed by atoms with Gasteiger partial charge in [0.25, 0.3) is 11.1 Å². The molecular formula is C13H16N4O3. The van der Waals surface area contributed by atoms with Crippen LogP contribution in [-0.4, -0.2) is 29.7 Å². The van der Waals surface area contributed by atoms with Crippen molar-refractivity contribution in [3.63, 3.8) is 0 Å². The molecule has 0 saturated heterocycles. The molecule has 0 spiro atoms. The van der Waals surface area contributed by atoms with Crippen LogP contribution in [0.3, 0.4) is 0 Å². The molecule has 0 aliphatic carbocycles. The molecule has 0 fully saturated rings. The fourth-order valence-electron chi connectivity index (χ4n) is 1.97. The monoisotopic (exact) mass is 276 g/mol. The smallest absolute Gasteiger partial charge is 0.272 e. The Morgan fingerprint density at radius 2 is 1.95 bits per heavy atom. The zero-order chi connectivity index (χ0) is 14.5. The van der Waals surface area contributed by atoms with Gasteiger partial charge in [-0.15, -0.1) is 0 Å². The van der Waals surface area contributed by atoms with Gasteiger partial charge in [-0.25, -0.2) is 0 Å². The number of amides is 1. The minimum Gasteiger partial charge on any atom is -0.325 e. The van der Waals surface area contributed by atoms with Crippen molar-refractivity contribution in [1.82, 2.24) is 15.5 Å². The number of aromatic amines is 2. The first-order chi connectivity index (χ1) is 9.63. The molecule has 2 rings (SSSR count). The molecule has 4 N–H and O–H groups in total. The van der Waals surface area contributed by atoms with Gasteiger partial charge in [-0.05, 0) is 32.1 Å². The van der Waals surface area contributed by atoms with Crippen molar-refractivity contribution in [1.29, 1.82) is 0 Å². The quantitative estimate of drug-likeness (QED) is 0.583. The van der Waals surface area contributed by atoms with Crippen LogP contribution in [0.15, 0.2) is 27.8 Å². The lowest BCUT2D eigenvalue weighted by atomic mass is 10.1. The number of benzene rings is 1. The molecule has 1 aromatic carbocycles. The Morgan fingerprint density at radius 1 is 1.20 bits per heavy atom. The van der Waals surface area contributed by atoms with Gasteiger partial charge in [0.2, 0.25) is 5.91 Å². The van der Waals surface area contributed by atoms with E-state index in [4.69, 9.17) is 0 Å². The van der Waals surface area contributed by atoms with Gasteiger partial charge in [-0.2, -0.15) is 0 Å². The molecule has 7 nitrogen and oxygen atoms in total. The lowest BCUT2D eigenvalue weighted by Gasteiger charge is -2.07. The Hall–Kier alpha value is -2.41. The summed E-state index contributed by atoms with van der Waals surface area (Å²) in [5, 5.41) is 10.6. The second kappa shape index (κ2) is 6.16. The fraction of sp³-hybridized carbons (Fsp3) is 0.308. The average Bonchev–Trinajstić information content (AvgIpc) is 2.43. The van der Waals surface area contributed by atoms with E-state index in [0.29, 0.717) is 18.5 Å². The lowest BCUT2D eigenvalue weighted by Crippen LogP contribution is -2.21. The Labute approximate surface area is 114 Å². The summed E-state index contributed by atoms with van der Waals surface area (Å²) >= 11 is 0. The summed E-state index contributed by atoms with van der Waals surface area (Å²) in [5.74, 6) is -0.188. The summed E-state index contributed by atoms with van der Waals surface area (Å²) in [6.45, 7) is 0.739. The summed E-state index contributed by atoms with van der Waals surface area (Å²) in [6.07, 6.45) is 1.04. The van der Waals surface area contributed by atoms with Crippen LogP contribution >= 0.6 is 0 Å². The number of rotatable bonds is 5. The maximum absolute atomic E-state index is 11.8. The van der Waals surface area contributed by atoms with Crippen LogP contribution < -0.4 is 21.8 Å². The molecule has 0 saturated carbocycles. The number of fused-ring (bicyclic) bond motifs is 1. The molecule has 7 heteroatoms. The van der Waals surface area contributed by atoms with E-state index < -0.39 is 11.1 Å². The highest BCUT2D eigenvalue weighted by atomic mass is 16.2. The van der Waals surface area contributed by atoms with E-state index in [0.717, 1.165) is 6.54 Å². The second-order valence-electron chi connectivity index (χ2n) is 4.39. The molecule has 20 heavy (non-hydrogen) atoms. The number of hydrogen-bond acceptors (Lipinski definition) is 4. The van der Waals surface area contributed by atoms with Gasteiger partial charge in [0.1, 0.15) is 0 Å². The van der Waals surface area contributed by atoms with Crippen molar-refractivity contribution in [3.8, 4) is 0 Å². The third-order valence-electron chi connectivity index (χ3n) is 2.93. The highest BCUT2D eigenvalue weighted by Gasteiger charge is 2.10. The van der Waals surface area contributed by atoms with E-state index in [1.54, 1.807) is 18.2 Å². The Kier molecular flexibility index (Phi) is 4.31. The Bertz CT molecular complexity index is 732. The first-order valence-corrected chi connectivity index (χ1v) is 6.31. The zero-order valence-electron chi connectivity index (χ0n) is 11.1. The molecule has 2 aromatic rings. The first-order valence-electron chi connectivity index (χ1n) is 6.31. The summed E-state index contributed by atoms with van der Waals surface area (Å²) in [7, 11) is 1.81. The van der Waals surface area contributed by atoms with Crippen LogP contribution in [0.1, 0.15) is 12.8 Å². The maximum atomic E-state index is 11.8. The second-order valence-corrected chi connectivity index (χ2v) is 4.39. The summed E-state index contributed by atoms with van der Waals surface area (Å²) in [6, 6.07) is 4.77. The van der Waals surface area contributed by atoms with Crippen LogP contribution in [0.5, 0.6) is 0 Å². The minimum absolute atomic E-state index is 0.188. The van der Waals surface area contributed by atoms with E-state index in [9.17, 15) is 14.4 Å². The van der Waals surface area contributed by atoms with Gasteiger partial charge in [0, 0.05) is 6.42 Å². The number of H-pyrrole nitrogens is 2. The SMILES string of the molecule is CNCCCC(=O)Nc1cccc2c(=O)[nH][nH]c(=O)c12. The van der Waals surface area contributed by atoms with Gasteiger partial charge in [-0.3, -0.25) is 24.6 Å². The van der Waals surface area contributed by atoms with E-state index in [2.05, 4.69) is 20.8 Å². The minimum atomic E-state index is -0.439. The van der Waals surface area contributed by atoms with E-state index in [1.807, 2.05) is 7.05 Å². The number of hydrogen-bond donors (Lipinski definition) is 4. The van der Waals surface area contributed by atoms with Crippen molar-refractivity contribution < 1.29 is 4.79 Å². The lowest BCUT2D eigenvalue weighted by molar-refractivity contribution is -0.116. The van der Waals surface area contributed by atoms with Gasteiger partial charge in [0.15, 0.2) is 0 Å². The van der Waals surface area contributed by atoms with Crippen LogP contribution in [0, 0.1) is 0 Å². The molecule has 106 valence electrons. The third-order valence-corrected chi connectivity index (χ3v) is 2.93. The summed E-state index contributed by atoms with van der Waals surface area (Å²) < 4.78 is 0. The Balaban J connectivity index is 2.31. The highest BCUT2D eigenvalue weighted by molar-refractivity contribution is 6.01. The topological polar surface area (TPSA) is 107 Å². The predicted molar refractivity (Wildman–Crippen MR) is 77.0 cm³/mol. The summed E-state index contributed by atoms with van der Waals surface area (Å²) in [4.78, 5) is 35.2. The van der Waals surface area contributed by atoms with Crippen molar-refractivity contribution in [2.24, 2.45) is 0 Å². The van der Waals surface area contributed by atoms with Gasteiger partial charge >= 0.3 is 0 Å². The largest absolute Gasteiger partial charge is 0.325 e. The molecule has 1 amide bonds. The molecule has 1 heterocycles. The van der Waals surface area contributed by atoms with Gasteiger partial charge in [-0.1, -0.05) is 6.07 Å². The number of aromatic nitrogens is 2. The molecule has 0 aliphatic heterocycles.